The summed E-state index contributed by atoms with van der Waals surface area (Å²) in [6, 6.07) is 15.1. The molecule has 0 bridgehead atoms. The van der Waals surface area contributed by atoms with Crippen molar-refractivity contribution in [2.45, 2.75) is 6.92 Å². The first-order chi connectivity index (χ1) is 9.72. The second-order valence-corrected chi connectivity index (χ2v) is 4.69. The third-order valence-electron chi connectivity index (χ3n) is 3.12. The minimum atomic E-state index is -0.246. The lowest BCUT2D eigenvalue weighted by Crippen LogP contribution is -2.19. The van der Waals surface area contributed by atoms with Gasteiger partial charge in [0.05, 0.1) is 5.69 Å². The number of hydrogen-bond donors (Lipinski definition) is 3. The molecule has 0 fully saturated rings. The van der Waals surface area contributed by atoms with Crippen LogP contribution in [-0.4, -0.2) is 11.0 Å². The van der Waals surface area contributed by atoms with Gasteiger partial charge in [-0.25, -0.2) is 4.79 Å². The van der Waals surface area contributed by atoms with Crippen LogP contribution in [0.15, 0.2) is 54.7 Å². The molecule has 0 atom stereocenters. The van der Waals surface area contributed by atoms with E-state index >= 15 is 0 Å². The van der Waals surface area contributed by atoms with Crippen molar-refractivity contribution in [2.24, 2.45) is 0 Å². The maximum Gasteiger partial charge on any atom is 0.323 e. The molecule has 0 radical (unpaired) electrons. The molecule has 20 heavy (non-hydrogen) atoms. The molecule has 0 saturated heterocycles. The van der Waals surface area contributed by atoms with E-state index in [9.17, 15) is 4.79 Å². The number of nitrogens with one attached hydrogen (secondary N) is 3. The van der Waals surface area contributed by atoms with Crippen molar-refractivity contribution in [3.63, 3.8) is 0 Å². The minimum Gasteiger partial charge on any atom is -0.361 e. The van der Waals surface area contributed by atoms with Gasteiger partial charge in [-0.05, 0) is 42.8 Å². The minimum absolute atomic E-state index is 0.246. The summed E-state index contributed by atoms with van der Waals surface area (Å²) in [5.74, 6) is 0. The number of aryl methyl sites for hydroxylation is 1. The van der Waals surface area contributed by atoms with Crippen molar-refractivity contribution in [1.29, 1.82) is 0 Å². The van der Waals surface area contributed by atoms with Gasteiger partial charge in [0.15, 0.2) is 0 Å². The predicted octanol–water partition coefficient (Wildman–Crippen LogP) is 4.12. The van der Waals surface area contributed by atoms with Crippen LogP contribution < -0.4 is 10.6 Å². The average molecular weight is 265 g/mol. The molecule has 4 heteroatoms. The number of aromatic amines is 1. The summed E-state index contributed by atoms with van der Waals surface area (Å²) in [6.07, 6.45) is 1.86. The van der Waals surface area contributed by atoms with Gasteiger partial charge in [0, 0.05) is 22.8 Å². The van der Waals surface area contributed by atoms with Gasteiger partial charge in [-0.3, -0.25) is 0 Å². The van der Waals surface area contributed by atoms with Crippen LogP contribution in [0.4, 0.5) is 16.2 Å². The Labute approximate surface area is 116 Å². The Morgan fingerprint density at radius 1 is 1.05 bits per heavy atom. The predicted molar refractivity (Wildman–Crippen MR) is 82.1 cm³/mol. The van der Waals surface area contributed by atoms with Crippen LogP contribution in [0.5, 0.6) is 0 Å². The standard InChI is InChI=1S/C16H15N3O/c1-11-4-2-5-12(10-11)18-16(20)19-15-7-3-6-14-13(15)8-9-17-14/h2-10,17H,1H3,(H2,18,19,20). The zero-order chi connectivity index (χ0) is 13.9. The highest BCUT2D eigenvalue weighted by atomic mass is 16.2. The number of hydrogen-bond acceptors (Lipinski definition) is 1. The Kier molecular flexibility index (Phi) is 3.13. The van der Waals surface area contributed by atoms with E-state index in [1.54, 1.807) is 0 Å². The molecule has 0 aliphatic heterocycles. The summed E-state index contributed by atoms with van der Waals surface area (Å²) in [4.78, 5) is 15.1. The quantitative estimate of drug-likeness (QED) is 0.641. The molecule has 2 amide bonds. The molecule has 0 spiro atoms. The van der Waals surface area contributed by atoms with E-state index in [0.717, 1.165) is 27.8 Å². The van der Waals surface area contributed by atoms with Crippen LogP contribution in [0.2, 0.25) is 0 Å². The number of aromatic nitrogens is 1. The molecule has 0 aliphatic rings. The summed E-state index contributed by atoms with van der Waals surface area (Å²) < 4.78 is 0. The number of H-pyrrole nitrogens is 1. The average Bonchev–Trinajstić information content (AvgIpc) is 2.88. The number of rotatable bonds is 2. The summed E-state index contributed by atoms with van der Waals surface area (Å²) in [6.45, 7) is 1.99. The number of carbonyl (C=O) groups excluding carboxylic acids is 1. The molecule has 0 unspecified atom stereocenters. The number of anilines is 2. The lowest BCUT2D eigenvalue weighted by Gasteiger charge is -2.09. The van der Waals surface area contributed by atoms with Crippen molar-refractivity contribution in [1.82, 2.24) is 4.98 Å². The van der Waals surface area contributed by atoms with E-state index in [0.29, 0.717) is 0 Å². The van der Waals surface area contributed by atoms with E-state index < -0.39 is 0 Å². The third kappa shape index (κ3) is 2.49. The van der Waals surface area contributed by atoms with Crippen molar-refractivity contribution in [2.75, 3.05) is 10.6 Å². The summed E-state index contributed by atoms with van der Waals surface area (Å²) >= 11 is 0. The van der Waals surface area contributed by atoms with Gasteiger partial charge in [0.2, 0.25) is 0 Å². The van der Waals surface area contributed by atoms with E-state index in [-0.39, 0.29) is 6.03 Å². The Balaban J connectivity index is 1.77. The normalized spacial score (nSPS) is 10.4. The highest BCUT2D eigenvalue weighted by Gasteiger charge is 2.06. The summed E-state index contributed by atoms with van der Waals surface area (Å²) in [7, 11) is 0. The van der Waals surface area contributed by atoms with Crippen LogP contribution in [0.25, 0.3) is 10.9 Å². The monoisotopic (exact) mass is 265 g/mol. The third-order valence-corrected chi connectivity index (χ3v) is 3.12. The van der Waals surface area contributed by atoms with E-state index in [1.807, 2.05) is 61.7 Å². The molecule has 3 N–H and O–H groups in total. The smallest absolute Gasteiger partial charge is 0.323 e. The topological polar surface area (TPSA) is 56.9 Å². The molecule has 0 aliphatic carbocycles. The number of fused-ring (bicyclic) bond motifs is 1. The maximum atomic E-state index is 12.0. The van der Waals surface area contributed by atoms with E-state index in [2.05, 4.69) is 15.6 Å². The lowest BCUT2D eigenvalue weighted by molar-refractivity contribution is 0.262. The maximum absolute atomic E-state index is 12.0. The molecule has 4 nitrogen and oxygen atoms in total. The molecule has 100 valence electrons. The first-order valence-electron chi connectivity index (χ1n) is 6.43. The zero-order valence-corrected chi connectivity index (χ0v) is 11.1. The van der Waals surface area contributed by atoms with Crippen LogP contribution in [0.1, 0.15) is 5.56 Å². The second kappa shape index (κ2) is 5.09. The SMILES string of the molecule is Cc1cccc(NC(=O)Nc2cccc3[nH]ccc23)c1. The first kappa shape index (κ1) is 12.3. The Morgan fingerprint density at radius 2 is 1.90 bits per heavy atom. The molecule has 1 heterocycles. The summed E-state index contributed by atoms with van der Waals surface area (Å²) in [5, 5.41) is 6.69. The molecule has 2 aromatic carbocycles. The van der Waals surface area contributed by atoms with E-state index in [4.69, 9.17) is 0 Å². The van der Waals surface area contributed by atoms with Gasteiger partial charge >= 0.3 is 6.03 Å². The molecule has 3 aromatic rings. The Bertz CT molecular complexity index is 761. The Hall–Kier alpha value is -2.75. The van der Waals surface area contributed by atoms with Crippen LogP contribution in [0.3, 0.4) is 0 Å². The van der Waals surface area contributed by atoms with Crippen LogP contribution >= 0.6 is 0 Å². The van der Waals surface area contributed by atoms with E-state index in [1.165, 1.54) is 0 Å². The molecular weight excluding hydrogens is 250 g/mol. The first-order valence-corrected chi connectivity index (χ1v) is 6.43. The fourth-order valence-corrected chi connectivity index (χ4v) is 2.20. The zero-order valence-electron chi connectivity index (χ0n) is 11.1. The molecule has 0 saturated carbocycles. The number of urea groups is 1. The van der Waals surface area contributed by atoms with Crippen molar-refractivity contribution in [3.8, 4) is 0 Å². The largest absolute Gasteiger partial charge is 0.361 e. The summed E-state index contributed by atoms with van der Waals surface area (Å²) in [5.41, 5.74) is 3.67. The fourth-order valence-electron chi connectivity index (χ4n) is 2.20. The molecule has 1 aromatic heterocycles. The number of benzene rings is 2. The van der Waals surface area contributed by atoms with Gasteiger partial charge in [0.25, 0.3) is 0 Å². The Morgan fingerprint density at radius 3 is 2.75 bits per heavy atom. The van der Waals surface area contributed by atoms with Gasteiger partial charge < -0.3 is 15.6 Å². The van der Waals surface area contributed by atoms with Gasteiger partial charge in [-0.15, -0.1) is 0 Å². The van der Waals surface area contributed by atoms with Crippen molar-refractivity contribution in [3.05, 3.63) is 60.3 Å². The van der Waals surface area contributed by atoms with Crippen molar-refractivity contribution >= 4 is 28.3 Å². The molecule has 3 rings (SSSR count). The fraction of sp³-hybridized carbons (Fsp3) is 0.0625. The number of carbonyl (C=O) groups is 1. The highest BCUT2D eigenvalue weighted by molar-refractivity contribution is 6.05. The second-order valence-electron chi connectivity index (χ2n) is 4.69. The van der Waals surface area contributed by atoms with Crippen LogP contribution in [0, 0.1) is 6.92 Å². The van der Waals surface area contributed by atoms with Gasteiger partial charge in [-0.1, -0.05) is 18.2 Å². The van der Waals surface area contributed by atoms with Crippen LogP contribution in [-0.2, 0) is 0 Å². The molecular formula is C16H15N3O. The van der Waals surface area contributed by atoms with Gasteiger partial charge in [-0.2, -0.15) is 0 Å². The lowest BCUT2D eigenvalue weighted by atomic mass is 10.2. The highest BCUT2D eigenvalue weighted by Crippen LogP contribution is 2.22. The van der Waals surface area contributed by atoms with Gasteiger partial charge in [0.1, 0.15) is 0 Å². The number of amides is 2. The van der Waals surface area contributed by atoms with Crippen molar-refractivity contribution < 1.29 is 4.79 Å².